The molecule has 2 fully saturated rings. The Morgan fingerprint density at radius 2 is 1.82 bits per heavy atom. The molecule has 0 aromatic carbocycles. The molecule has 1 heterocycles. The number of hydrogen-bond donors (Lipinski definition) is 3. The van der Waals surface area contributed by atoms with Crippen molar-refractivity contribution < 1.29 is 35.9 Å². The van der Waals surface area contributed by atoms with Gasteiger partial charge in [0.1, 0.15) is 6.67 Å². The fourth-order valence-corrected chi connectivity index (χ4v) is 3.40. The summed E-state index contributed by atoms with van der Waals surface area (Å²) >= 11 is 0. The van der Waals surface area contributed by atoms with E-state index in [1.54, 1.807) is 0 Å². The molecular weight excluding hydrogens is 334 g/mol. The molecule has 1 aliphatic carbocycles. The van der Waals surface area contributed by atoms with E-state index in [0.29, 0.717) is 0 Å². The molecule has 1 saturated carbocycles. The number of rotatable bonds is 4. The second-order valence-electron chi connectivity index (χ2n) is 5.31. The highest BCUT2D eigenvalue weighted by molar-refractivity contribution is 7.86. The fraction of sp³-hybridized carbons (Fsp3) is 0.900. The van der Waals surface area contributed by atoms with E-state index in [-0.39, 0.29) is 18.0 Å². The van der Waals surface area contributed by atoms with Crippen molar-refractivity contribution in [2.75, 3.05) is 26.3 Å². The molecule has 130 valence electrons. The Hall–Kier alpha value is -0.980. The van der Waals surface area contributed by atoms with E-state index in [0.717, 1.165) is 30.2 Å². The molecule has 1 aliphatic heterocycles. The minimum absolute atomic E-state index is 0.0992. The average molecular weight is 351 g/mol. The van der Waals surface area contributed by atoms with Gasteiger partial charge in [-0.2, -0.15) is 25.9 Å². The SMILES string of the molecule is NS(=O)(=O)N(CCF)C1CC2(CNC2)C1.O=C(O)C(F)(F)F. The van der Waals surface area contributed by atoms with Gasteiger partial charge in [-0.1, -0.05) is 0 Å². The third-order valence-corrected chi connectivity index (χ3v) is 4.75. The van der Waals surface area contributed by atoms with Crippen LogP contribution in [0.2, 0.25) is 0 Å². The van der Waals surface area contributed by atoms with Gasteiger partial charge in [-0.25, -0.2) is 14.3 Å². The quantitative estimate of drug-likeness (QED) is 0.610. The lowest BCUT2D eigenvalue weighted by atomic mass is 9.61. The third-order valence-electron chi connectivity index (χ3n) is 3.62. The van der Waals surface area contributed by atoms with Gasteiger partial charge in [0.25, 0.3) is 10.2 Å². The molecule has 0 aromatic rings. The minimum Gasteiger partial charge on any atom is -0.475 e. The maximum absolute atomic E-state index is 12.2. The number of carbonyl (C=O) groups is 1. The number of hydrogen-bond acceptors (Lipinski definition) is 4. The number of nitrogens with one attached hydrogen (secondary N) is 1. The molecule has 0 aromatic heterocycles. The van der Waals surface area contributed by atoms with Gasteiger partial charge in [-0.05, 0) is 18.3 Å². The molecule has 0 unspecified atom stereocenters. The first-order chi connectivity index (χ1) is 9.91. The topological polar surface area (TPSA) is 113 Å². The van der Waals surface area contributed by atoms with Gasteiger partial charge in [0.2, 0.25) is 0 Å². The summed E-state index contributed by atoms with van der Waals surface area (Å²) in [6.07, 6.45) is -3.48. The minimum atomic E-state index is -5.08. The zero-order chi connectivity index (χ0) is 17.2. The predicted molar refractivity (Wildman–Crippen MR) is 67.8 cm³/mol. The van der Waals surface area contributed by atoms with E-state index >= 15 is 0 Å². The molecule has 2 rings (SSSR count). The molecular formula is C10H17F4N3O4S. The van der Waals surface area contributed by atoms with Crippen molar-refractivity contribution in [2.45, 2.75) is 25.1 Å². The van der Waals surface area contributed by atoms with Crippen LogP contribution < -0.4 is 10.5 Å². The fourth-order valence-electron chi connectivity index (χ4n) is 2.51. The van der Waals surface area contributed by atoms with Crippen molar-refractivity contribution in [2.24, 2.45) is 10.6 Å². The number of aliphatic carboxylic acids is 1. The standard InChI is InChI=1S/C8H16FN3O2S.C2HF3O2/c9-1-2-12(15(10,13)14)7-3-8(4-7)5-11-6-8;3-2(4,5)1(6)7/h7,11H,1-6H2,(H2,10,13,14);(H,6,7). The first kappa shape index (κ1) is 19.1. The molecule has 7 nitrogen and oxygen atoms in total. The number of nitrogens with zero attached hydrogens (tertiary/aromatic N) is 1. The van der Waals surface area contributed by atoms with E-state index in [1.807, 2.05) is 0 Å². The second kappa shape index (κ2) is 6.64. The van der Waals surface area contributed by atoms with Crippen LogP contribution in [-0.4, -0.2) is 62.3 Å². The number of nitrogens with two attached hydrogens (primary N) is 1. The van der Waals surface area contributed by atoms with Crippen LogP contribution in [0.5, 0.6) is 0 Å². The van der Waals surface area contributed by atoms with Gasteiger partial charge in [-0.15, -0.1) is 0 Å². The normalized spacial score (nSPS) is 20.8. The highest BCUT2D eigenvalue weighted by Crippen LogP contribution is 2.46. The molecule has 0 atom stereocenters. The highest BCUT2D eigenvalue weighted by Gasteiger charge is 2.51. The van der Waals surface area contributed by atoms with Crippen LogP contribution in [0, 0.1) is 5.41 Å². The van der Waals surface area contributed by atoms with Gasteiger partial charge >= 0.3 is 12.1 Å². The van der Waals surface area contributed by atoms with Crippen LogP contribution in [-0.2, 0) is 15.0 Å². The van der Waals surface area contributed by atoms with Gasteiger partial charge in [0.05, 0.1) is 0 Å². The molecule has 2 aliphatic rings. The molecule has 22 heavy (non-hydrogen) atoms. The highest BCUT2D eigenvalue weighted by atomic mass is 32.2. The predicted octanol–water partition coefficient (Wildman–Crippen LogP) is -0.153. The summed E-state index contributed by atoms with van der Waals surface area (Å²) in [4.78, 5) is 8.90. The molecule has 4 N–H and O–H groups in total. The molecule has 0 bridgehead atoms. The molecule has 0 radical (unpaired) electrons. The zero-order valence-electron chi connectivity index (χ0n) is 11.4. The van der Waals surface area contributed by atoms with Crippen molar-refractivity contribution in [1.82, 2.24) is 9.62 Å². The summed E-state index contributed by atoms with van der Waals surface area (Å²) in [5.41, 5.74) is 0.268. The van der Waals surface area contributed by atoms with Gasteiger partial charge in [-0.3, -0.25) is 0 Å². The van der Waals surface area contributed by atoms with E-state index in [1.165, 1.54) is 0 Å². The number of carboxylic acid groups (broad SMARTS) is 1. The number of alkyl halides is 4. The summed E-state index contributed by atoms with van der Waals surface area (Å²) in [6.45, 7) is 1.08. The van der Waals surface area contributed by atoms with E-state index in [4.69, 9.17) is 15.0 Å². The third kappa shape index (κ3) is 4.76. The lowest BCUT2D eigenvalue weighted by molar-refractivity contribution is -0.192. The van der Waals surface area contributed by atoms with Crippen molar-refractivity contribution in [1.29, 1.82) is 0 Å². The summed E-state index contributed by atoms with van der Waals surface area (Å²) in [5, 5.41) is 15.3. The average Bonchev–Trinajstić information content (AvgIpc) is 2.22. The molecule has 12 heteroatoms. The second-order valence-corrected chi connectivity index (χ2v) is 6.81. The van der Waals surface area contributed by atoms with E-state index < -0.39 is 29.0 Å². The zero-order valence-corrected chi connectivity index (χ0v) is 12.3. The first-order valence-electron chi connectivity index (χ1n) is 6.28. The summed E-state index contributed by atoms with van der Waals surface area (Å²) in [5.74, 6) is -2.76. The first-order valence-corrected chi connectivity index (χ1v) is 7.78. The van der Waals surface area contributed by atoms with Gasteiger partial charge in [0, 0.05) is 25.7 Å². The maximum Gasteiger partial charge on any atom is 0.490 e. The van der Waals surface area contributed by atoms with Crippen LogP contribution >= 0.6 is 0 Å². The van der Waals surface area contributed by atoms with Gasteiger partial charge in [0.15, 0.2) is 0 Å². The van der Waals surface area contributed by atoms with Crippen LogP contribution in [0.15, 0.2) is 0 Å². The van der Waals surface area contributed by atoms with E-state index in [2.05, 4.69) is 5.32 Å². The lowest BCUT2D eigenvalue weighted by Crippen LogP contribution is -2.66. The summed E-state index contributed by atoms with van der Waals surface area (Å²) in [7, 11) is -3.75. The van der Waals surface area contributed by atoms with E-state index in [9.17, 15) is 26.0 Å². The number of carboxylic acids is 1. The van der Waals surface area contributed by atoms with Crippen LogP contribution in [0.4, 0.5) is 17.6 Å². The summed E-state index contributed by atoms with van der Waals surface area (Å²) < 4.78 is 67.4. The lowest BCUT2D eigenvalue weighted by Gasteiger charge is -2.56. The monoisotopic (exact) mass is 351 g/mol. The van der Waals surface area contributed by atoms with Gasteiger partial charge < -0.3 is 10.4 Å². The molecule has 0 amide bonds. The van der Waals surface area contributed by atoms with Crippen LogP contribution in [0.3, 0.4) is 0 Å². The molecule has 1 saturated heterocycles. The van der Waals surface area contributed by atoms with Crippen molar-refractivity contribution in [3.05, 3.63) is 0 Å². The Labute approximate surface area is 124 Å². The summed E-state index contributed by atoms with van der Waals surface area (Å²) in [6, 6.07) is -0.0992. The van der Waals surface area contributed by atoms with Crippen LogP contribution in [0.25, 0.3) is 0 Å². The van der Waals surface area contributed by atoms with Crippen LogP contribution in [0.1, 0.15) is 12.8 Å². The largest absolute Gasteiger partial charge is 0.490 e. The Morgan fingerprint density at radius 1 is 1.36 bits per heavy atom. The molecule has 1 spiro atoms. The Balaban J connectivity index is 0.000000295. The van der Waals surface area contributed by atoms with Crippen molar-refractivity contribution in [3.63, 3.8) is 0 Å². The number of halogens is 4. The Kier molecular flexibility index (Phi) is 5.76. The maximum atomic E-state index is 12.2. The van der Waals surface area contributed by atoms with Crippen molar-refractivity contribution in [3.8, 4) is 0 Å². The Morgan fingerprint density at radius 3 is 2.05 bits per heavy atom. The van der Waals surface area contributed by atoms with Crippen molar-refractivity contribution >= 4 is 16.2 Å². The Bertz CT molecular complexity index is 499. The smallest absolute Gasteiger partial charge is 0.475 e.